The molecule has 0 saturated heterocycles. The van der Waals surface area contributed by atoms with Gasteiger partial charge in [-0.25, -0.2) is 57.2 Å². The molecule has 0 aromatic rings. The van der Waals surface area contributed by atoms with Crippen molar-refractivity contribution in [3.05, 3.63) is 0 Å². The van der Waals surface area contributed by atoms with Crippen LogP contribution in [0.4, 0.5) is 316 Å². The van der Waals surface area contributed by atoms with Crippen LogP contribution in [-0.4, -0.2) is 249 Å². The van der Waals surface area contributed by atoms with Crippen LogP contribution in [0.15, 0.2) is 13.5 Å². The van der Waals surface area contributed by atoms with Crippen LogP contribution in [0.5, 0.6) is 0 Å². The maximum atomic E-state index is 16.3. The van der Waals surface area contributed by atoms with E-state index in [1.165, 1.54) is 0 Å². The zero-order valence-corrected chi connectivity index (χ0v) is 57.7. The van der Waals surface area contributed by atoms with Gasteiger partial charge in [0.05, 0.1) is 6.61 Å². The van der Waals surface area contributed by atoms with Crippen LogP contribution in [-0.2, 0) is 27.1 Å². The van der Waals surface area contributed by atoms with Gasteiger partial charge in [-0.15, -0.1) is 13.5 Å². The fourth-order valence-corrected chi connectivity index (χ4v) is 16.6. The fourth-order valence-electron chi connectivity index (χ4n) is 7.15. The summed E-state index contributed by atoms with van der Waals surface area (Å²) in [7, 11) is -33.2. The molecule has 1 aliphatic rings. The predicted molar refractivity (Wildman–Crippen MR) is 248 cm³/mol. The smallest absolute Gasteiger partial charge is 0.306 e. The average molecular weight is 2120 g/mol. The highest BCUT2D eigenvalue weighted by Gasteiger charge is 2.95. The Labute approximate surface area is 636 Å². The summed E-state index contributed by atoms with van der Waals surface area (Å²) in [6.07, 6.45) is -57.9. The molecule has 1 heterocycles. The zero-order valence-electron chi connectivity index (χ0n) is 55.1. The van der Waals surface area contributed by atoms with Crippen LogP contribution in [0.25, 0.3) is 0 Å². The van der Waals surface area contributed by atoms with Crippen LogP contribution in [0.2, 0.25) is 0 Å². The number of nitrogens with zero attached hydrogens (tertiary/aromatic N) is 3. The monoisotopic (exact) mass is 2120 g/mol. The predicted octanol–water partition coefficient (Wildman–Crippen LogP) is 26.9. The second-order valence-corrected chi connectivity index (χ2v) is 30.0. The van der Waals surface area contributed by atoms with Crippen molar-refractivity contribution < 1.29 is 343 Å². The Kier molecular flexibility index (Phi) is 31.7. The summed E-state index contributed by atoms with van der Waals surface area (Å²) in [6, 6.07) is 0. The van der Waals surface area contributed by atoms with Gasteiger partial charge in [0.2, 0.25) is 0 Å². The molecule has 0 N–H and O–H groups in total. The van der Waals surface area contributed by atoms with E-state index in [2.05, 4.69) is 22.6 Å². The van der Waals surface area contributed by atoms with E-state index < -0.39 is 279 Å². The standard InChI is InChI=1S/C42H18F72N3O6P3/c43-7(44)18(65,66)29(87,88)35(99,100)24(77,78)13(55,56)1-2-118-124(119-3-14(57,58)25(79,80)36(101,102)30(89,90)19(67,68)8(45)46)115-125(120-4-15(59,60)26(81,82)37(103,104)31(91,92)20(69,70)9(47)48,121-5-16(61,62)27(83,84)38(105,106)32(93,94)21(71,72)10(49)50)117-126(116-124,123-42(113,114)41(111,112)40(109,110)34(97,98)23(75,76)12(53)54)122-6-17(63,64)28(85,86)39(107,108)33(95,96)22(73,74)11(51)52/h7-12H,1-6H2. The van der Waals surface area contributed by atoms with Gasteiger partial charge in [-0.05, 0) is 0 Å². The maximum Gasteiger partial charge on any atom is 0.432 e. The largest absolute Gasteiger partial charge is 0.432 e. The zero-order chi connectivity index (χ0) is 103. The molecular formula is C42H18F72N3O6P3. The number of hydrogen-bond donors (Lipinski definition) is 0. The van der Waals surface area contributed by atoms with Crippen LogP contribution in [0.1, 0.15) is 6.42 Å². The Morgan fingerprint density at radius 1 is 0.167 bits per heavy atom. The minimum atomic E-state index is -11.4. The molecule has 0 aromatic carbocycles. The summed E-state index contributed by atoms with van der Waals surface area (Å²) >= 11 is 0. The van der Waals surface area contributed by atoms with Crippen molar-refractivity contribution in [3.8, 4) is 0 Å². The lowest BCUT2D eigenvalue weighted by atomic mass is 9.93. The van der Waals surface area contributed by atoms with Crippen molar-refractivity contribution in [1.29, 1.82) is 0 Å². The molecule has 0 amide bonds. The lowest BCUT2D eigenvalue weighted by molar-refractivity contribution is -0.438. The van der Waals surface area contributed by atoms with Crippen LogP contribution in [0.3, 0.4) is 0 Å². The molecule has 0 aromatic heterocycles. The summed E-state index contributed by atoms with van der Waals surface area (Å²) in [5.41, 5.74) is 0. The molecule has 0 spiro atoms. The van der Waals surface area contributed by atoms with E-state index in [0.29, 0.717) is 13.5 Å². The van der Waals surface area contributed by atoms with Crippen molar-refractivity contribution in [2.75, 3.05) is 33.0 Å². The van der Waals surface area contributed by atoms with E-state index in [1.54, 1.807) is 4.52 Å². The van der Waals surface area contributed by atoms with Crippen LogP contribution < -0.4 is 0 Å². The number of halogens is 72. The number of rotatable bonds is 48. The van der Waals surface area contributed by atoms with Crippen LogP contribution >= 0.6 is 23.0 Å². The van der Waals surface area contributed by atoms with E-state index in [0.717, 1.165) is 0 Å². The molecule has 0 saturated carbocycles. The van der Waals surface area contributed by atoms with Gasteiger partial charge in [-0.1, -0.05) is 0 Å². The lowest BCUT2D eigenvalue weighted by Gasteiger charge is -2.42. The minimum absolute atomic E-state index is 0.399. The van der Waals surface area contributed by atoms with Gasteiger partial charge in [-0.3, -0.25) is 18.1 Å². The molecule has 1 rings (SSSR count). The first-order chi connectivity index (χ1) is 54.0. The number of hydrogen-bond acceptors (Lipinski definition) is 9. The summed E-state index contributed by atoms with van der Waals surface area (Å²) < 4.78 is 1060. The molecule has 756 valence electrons. The Morgan fingerprint density at radius 2 is 0.310 bits per heavy atom. The Bertz CT molecular complexity index is 3860. The Balaban J connectivity index is 6.42. The molecule has 2 atom stereocenters. The summed E-state index contributed by atoms with van der Waals surface area (Å²) in [5.74, 6) is -275. The van der Waals surface area contributed by atoms with Gasteiger partial charge >= 0.3 is 239 Å². The van der Waals surface area contributed by atoms with Gasteiger partial charge in [0.15, 0.2) is 0 Å². The van der Waals surface area contributed by atoms with Crippen molar-refractivity contribution in [1.82, 2.24) is 0 Å². The second-order valence-electron chi connectivity index (χ2n) is 23.4. The number of alkyl halides is 72. The average Bonchev–Trinajstić information content (AvgIpc) is 0.726. The van der Waals surface area contributed by atoms with E-state index in [9.17, 15) is 211 Å². The van der Waals surface area contributed by atoms with Crippen molar-refractivity contribution >= 4 is 23.0 Å². The molecule has 0 fully saturated rings. The highest BCUT2D eigenvalue weighted by Crippen LogP contribution is 2.84. The van der Waals surface area contributed by atoms with E-state index >= 15 is 105 Å². The van der Waals surface area contributed by atoms with Gasteiger partial charge in [0, 0.05) is 6.42 Å². The molecule has 0 aliphatic carbocycles. The molecule has 1 aliphatic heterocycles. The minimum Gasteiger partial charge on any atom is -0.306 e. The summed E-state index contributed by atoms with van der Waals surface area (Å²) in [4.78, 5) is 0. The van der Waals surface area contributed by atoms with E-state index in [-0.39, 0.29) is 0 Å². The molecule has 9 nitrogen and oxygen atoms in total. The quantitative estimate of drug-likeness (QED) is 0.0445. The lowest BCUT2D eigenvalue weighted by Crippen LogP contribution is -2.69. The van der Waals surface area contributed by atoms with Gasteiger partial charge in [-0.2, -0.15) is 263 Å². The van der Waals surface area contributed by atoms with Crippen molar-refractivity contribution in [2.45, 2.75) is 223 Å². The molecule has 0 bridgehead atoms. The third-order valence-electron chi connectivity index (χ3n) is 14.8. The molecule has 126 heavy (non-hydrogen) atoms. The Hall–Kier alpha value is -4.59. The summed E-state index contributed by atoms with van der Waals surface area (Å²) in [6.45, 7) is -30.7. The van der Waals surface area contributed by atoms with Crippen LogP contribution in [0, 0.1) is 0 Å². The Morgan fingerprint density at radius 3 is 0.492 bits per heavy atom. The molecule has 2 unspecified atom stereocenters. The third kappa shape index (κ3) is 17.7. The second kappa shape index (κ2) is 33.5. The topological polar surface area (TPSA) is 92.5 Å². The van der Waals surface area contributed by atoms with E-state index in [1.807, 2.05) is 0 Å². The maximum absolute atomic E-state index is 16.3. The third-order valence-corrected chi connectivity index (χ3v) is 23.1. The van der Waals surface area contributed by atoms with Crippen molar-refractivity contribution in [3.63, 3.8) is 0 Å². The van der Waals surface area contributed by atoms with Gasteiger partial charge in [0.1, 0.15) is 26.4 Å². The van der Waals surface area contributed by atoms with Gasteiger partial charge in [0.25, 0.3) is 0 Å². The highest BCUT2D eigenvalue weighted by atomic mass is 31.3. The highest BCUT2D eigenvalue weighted by molar-refractivity contribution is 7.78. The molecule has 0 radical (unpaired) electrons. The summed E-state index contributed by atoms with van der Waals surface area (Å²) in [5, 5.41) is 0. The van der Waals surface area contributed by atoms with E-state index in [4.69, 9.17) is 0 Å². The fraction of sp³-hybridized carbons (Fsp3) is 1.00. The first-order valence-corrected chi connectivity index (χ1v) is 32.5. The SMILES string of the molecule is FC(F)C(F)(F)C(F)(F)C(F)(F)C(F)(F)C(F)(F)CCOP1(OCC(F)(F)C(F)(F)C(F)(F)C(F)(F)C(F)(F)C(F)F)=NP(OCC(F)(F)C(F)(F)C(F)(F)C(F)(F)C(F)(F)C(F)F)(OC(F)(F)C(F)(F)C(F)(F)C(F)(F)C(F)(F)C(F)F)=NP(OCC(F)(F)C(F)(F)C(F)(F)C(F)(F)C(F)(F)C(F)F)(OCC(F)(F)C(F)(F)C(F)(F)C(F)(F)C(F)(F)C(F)F)=N1. The molecule has 84 heteroatoms. The first-order valence-electron chi connectivity index (χ1n) is 27.9. The molecular weight excluding hydrogens is 2100 g/mol. The van der Waals surface area contributed by atoms with Gasteiger partial charge < -0.3 is 4.52 Å². The first kappa shape index (κ1) is 119. The van der Waals surface area contributed by atoms with Crippen molar-refractivity contribution in [2.24, 2.45) is 13.5 Å². The normalized spacial score (nSPS) is 19.8.